The van der Waals surface area contributed by atoms with Crippen LogP contribution in [0.25, 0.3) is 10.8 Å². The number of carbonyl (C=O) groups excluding carboxylic acids is 3. The molecule has 8 rings (SSSR count). The molecule has 5 heterocycles. The maximum atomic E-state index is 13.7. The van der Waals surface area contributed by atoms with E-state index in [2.05, 4.69) is 31.3 Å². The maximum Gasteiger partial charge on any atom is 0.363 e. The number of piperazine rings is 3. The molecule has 0 spiro atoms. The first-order chi connectivity index (χ1) is 23.4. The predicted molar refractivity (Wildman–Crippen MR) is 182 cm³/mol. The summed E-state index contributed by atoms with van der Waals surface area (Å²) in [4.78, 5) is 51.9. The Bertz CT molecular complexity index is 1860. The fraction of sp³-hybridized carbons (Fsp3) is 0.447. The normalized spacial score (nSPS) is 27.3. The van der Waals surface area contributed by atoms with E-state index in [1.807, 2.05) is 32.9 Å². The topological polar surface area (TPSA) is 116 Å². The van der Waals surface area contributed by atoms with E-state index in [4.69, 9.17) is 9.47 Å². The number of non-ortho nitro benzene ring substituents is 1. The number of hydrogen-bond acceptors (Lipinski definition) is 7. The summed E-state index contributed by atoms with van der Waals surface area (Å²) in [5.41, 5.74) is 1.74. The number of amides is 1. The molecule has 1 amide bonds. The first kappa shape index (κ1) is 32.9. The summed E-state index contributed by atoms with van der Waals surface area (Å²) in [7, 11) is 2.39. The first-order valence-corrected chi connectivity index (χ1v) is 17.3. The quantitative estimate of drug-likeness (QED) is 0.0766. The molecule has 0 saturated carbocycles. The summed E-state index contributed by atoms with van der Waals surface area (Å²) < 4.78 is 14.2. The molecule has 0 aliphatic carbocycles. The number of fused-ring (bicyclic) bond motifs is 5. The molecule has 5 aliphatic rings. The van der Waals surface area contributed by atoms with Gasteiger partial charge in [0.25, 0.3) is 5.69 Å². The third-order valence-electron chi connectivity index (χ3n) is 11.8. The van der Waals surface area contributed by atoms with Crippen molar-refractivity contribution in [2.45, 2.75) is 33.2 Å². The highest BCUT2D eigenvalue weighted by Crippen LogP contribution is 2.49. The Balaban J connectivity index is 1.13. The number of likely N-dealkylation sites (N-methyl/N-ethyl adjacent to an activating group) is 1. The van der Waals surface area contributed by atoms with E-state index in [1.165, 1.54) is 83.0 Å². The van der Waals surface area contributed by atoms with E-state index in [0.29, 0.717) is 11.3 Å². The predicted octanol–water partition coefficient (Wildman–Crippen LogP) is 4.73. The minimum atomic E-state index is -0.952. The van der Waals surface area contributed by atoms with Crippen molar-refractivity contribution >= 4 is 34.3 Å². The van der Waals surface area contributed by atoms with Gasteiger partial charge in [-0.15, -0.1) is 0 Å². The summed E-state index contributed by atoms with van der Waals surface area (Å²) >= 11 is 0. The molecule has 3 aromatic rings. The number of quaternary nitrogens is 2. The summed E-state index contributed by atoms with van der Waals surface area (Å²) in [6, 6.07) is 17.0. The third kappa shape index (κ3) is 5.78. The number of β-lactam (4-membered cyclic amide) rings is 1. The molecular weight excluding hydrogens is 624 g/mol. The maximum absolute atomic E-state index is 13.7. The monoisotopic (exact) mass is 668 g/mol. The Morgan fingerprint density at radius 1 is 0.939 bits per heavy atom. The number of nitro groups is 1. The average Bonchev–Trinajstić information content (AvgIpc) is 3.34. The van der Waals surface area contributed by atoms with E-state index in [0.717, 1.165) is 23.7 Å². The third-order valence-corrected chi connectivity index (χ3v) is 11.8. The van der Waals surface area contributed by atoms with Crippen LogP contribution in [0.2, 0.25) is 0 Å². The van der Waals surface area contributed by atoms with Gasteiger partial charge < -0.3 is 23.3 Å². The Morgan fingerprint density at radius 3 is 2.24 bits per heavy atom. The summed E-state index contributed by atoms with van der Waals surface area (Å²) in [6.07, 6.45) is 0.987. The van der Waals surface area contributed by atoms with E-state index in [-0.39, 0.29) is 53.3 Å². The van der Waals surface area contributed by atoms with E-state index in [1.54, 1.807) is 0 Å². The highest BCUT2D eigenvalue weighted by molar-refractivity contribution is 6.06. The Morgan fingerprint density at radius 2 is 1.59 bits per heavy atom. The van der Waals surface area contributed by atoms with Crippen LogP contribution in [0, 0.1) is 27.9 Å². The second kappa shape index (κ2) is 12.4. The molecule has 4 fully saturated rings. The highest BCUT2D eigenvalue weighted by atomic mass is 16.6. The Hall–Kier alpha value is -4.61. The zero-order valence-corrected chi connectivity index (χ0v) is 28.6. The van der Waals surface area contributed by atoms with Crippen LogP contribution in [0.4, 0.5) is 5.69 Å². The molecule has 0 unspecified atom stereocenters. The van der Waals surface area contributed by atoms with Crippen LogP contribution in [-0.2, 0) is 20.7 Å². The van der Waals surface area contributed by atoms with Crippen LogP contribution in [-0.4, -0.2) is 102 Å². The lowest BCUT2D eigenvalue weighted by Crippen LogP contribution is -2.73. The zero-order valence-electron chi connectivity index (χ0n) is 28.6. The van der Waals surface area contributed by atoms with Crippen LogP contribution >= 0.6 is 0 Å². The van der Waals surface area contributed by atoms with Gasteiger partial charge in [-0.1, -0.05) is 51.1 Å². The van der Waals surface area contributed by atoms with Crippen molar-refractivity contribution in [1.29, 1.82) is 0 Å². The standard InChI is InChI=1S/C38H44N4O7/c1-24(2)33-34-25(3)31(35(39(34)36(33)43)38(45)49-37(44)27-11-13-28(14-12-27)40(46)47)23-48-32-10-6-8-29-26(7-5-9-30(29)32)15-16-42-20-17-41(4,18-21-42)19-22-42/h5-14,24-25,33-34H,15-23H2,1-4H3/q+2/t25-,33+,34+,41?,42?/m0/s1. The fourth-order valence-electron chi connectivity index (χ4n) is 8.49. The molecule has 3 aromatic carbocycles. The van der Waals surface area contributed by atoms with Crippen LogP contribution in [0.3, 0.4) is 0 Å². The lowest BCUT2D eigenvalue weighted by Gasteiger charge is -2.54. The van der Waals surface area contributed by atoms with Gasteiger partial charge in [-0.05, 0) is 35.1 Å². The minimum absolute atomic E-state index is 0.00971. The molecule has 0 N–H and O–H groups in total. The molecule has 0 aromatic heterocycles. The van der Waals surface area contributed by atoms with Gasteiger partial charge in [0.15, 0.2) is 0 Å². The van der Waals surface area contributed by atoms with Gasteiger partial charge in [-0.3, -0.25) is 14.9 Å². The number of rotatable bonds is 10. The zero-order chi connectivity index (χ0) is 34.7. The van der Waals surface area contributed by atoms with Crippen molar-refractivity contribution < 1.29 is 37.7 Å². The van der Waals surface area contributed by atoms with Crippen LogP contribution in [0.15, 0.2) is 71.9 Å². The van der Waals surface area contributed by atoms with Crippen LogP contribution in [0.5, 0.6) is 5.75 Å². The number of benzene rings is 3. The number of esters is 2. The Labute approximate surface area is 286 Å². The van der Waals surface area contributed by atoms with E-state index >= 15 is 0 Å². The lowest BCUT2D eigenvalue weighted by molar-refractivity contribution is -1.07. The molecule has 0 radical (unpaired) electrons. The van der Waals surface area contributed by atoms with Crippen molar-refractivity contribution in [3.63, 3.8) is 0 Å². The first-order valence-electron chi connectivity index (χ1n) is 17.3. The molecule has 49 heavy (non-hydrogen) atoms. The van der Waals surface area contributed by atoms with Crippen molar-refractivity contribution in [3.05, 3.63) is 93.2 Å². The SMILES string of the molecule is CC(C)[C@H]1C(=O)N2C(C(=O)OC(=O)c3ccc([N+](=O)[O-])cc3)=C(COc3cccc4c(CC[N+]56CC[N+](C)(CC5)CC6)cccc34)[C@H](C)[C@H]12. The molecule has 3 atom stereocenters. The van der Waals surface area contributed by atoms with Gasteiger partial charge in [0.1, 0.15) is 57.3 Å². The average molecular weight is 669 g/mol. The van der Waals surface area contributed by atoms with E-state index in [9.17, 15) is 24.5 Å². The van der Waals surface area contributed by atoms with Gasteiger partial charge in [0.2, 0.25) is 5.91 Å². The summed E-state index contributed by atoms with van der Waals surface area (Å²) in [6.45, 7) is 14.6. The molecule has 11 heteroatoms. The van der Waals surface area contributed by atoms with Crippen LogP contribution < -0.4 is 4.74 Å². The summed E-state index contributed by atoms with van der Waals surface area (Å²) in [5, 5.41) is 13.2. The van der Waals surface area contributed by atoms with Gasteiger partial charge in [0.05, 0.1) is 36.0 Å². The number of hydrogen-bond donors (Lipinski definition) is 0. The molecule has 2 bridgehead atoms. The molecule has 256 valence electrons. The van der Waals surface area contributed by atoms with Crippen molar-refractivity contribution in [2.24, 2.45) is 17.8 Å². The van der Waals surface area contributed by atoms with Crippen molar-refractivity contribution in [3.8, 4) is 5.75 Å². The number of nitrogens with zero attached hydrogens (tertiary/aromatic N) is 4. The molecular formula is C38H44N4O7+2. The number of ether oxygens (including phenoxy) is 2. The van der Waals surface area contributed by atoms with Gasteiger partial charge in [-0.25, -0.2) is 9.59 Å². The fourth-order valence-corrected chi connectivity index (χ4v) is 8.49. The van der Waals surface area contributed by atoms with Gasteiger partial charge in [-0.2, -0.15) is 0 Å². The second-order valence-electron chi connectivity index (χ2n) is 14.9. The molecule has 11 nitrogen and oxygen atoms in total. The minimum Gasteiger partial charge on any atom is -0.488 e. The highest BCUT2D eigenvalue weighted by Gasteiger charge is 2.59. The lowest BCUT2D eigenvalue weighted by atomic mass is 9.74. The van der Waals surface area contributed by atoms with E-state index < -0.39 is 16.9 Å². The Kier molecular flexibility index (Phi) is 8.31. The molecule has 4 saturated heterocycles. The molecule has 5 aliphatic heterocycles. The second-order valence-corrected chi connectivity index (χ2v) is 14.9. The van der Waals surface area contributed by atoms with Crippen molar-refractivity contribution in [1.82, 2.24) is 4.90 Å². The van der Waals surface area contributed by atoms with Gasteiger partial charge >= 0.3 is 11.9 Å². The van der Waals surface area contributed by atoms with Crippen LogP contribution in [0.1, 0.15) is 36.7 Å². The number of nitro benzene ring substituents is 1. The smallest absolute Gasteiger partial charge is 0.363 e. The number of carbonyl (C=O) groups is 3. The van der Waals surface area contributed by atoms with Crippen molar-refractivity contribution in [2.75, 3.05) is 59.5 Å². The summed E-state index contributed by atoms with van der Waals surface area (Å²) in [5.74, 6) is -1.78. The largest absolute Gasteiger partial charge is 0.488 e. The van der Waals surface area contributed by atoms with Gasteiger partial charge in [0, 0.05) is 35.4 Å².